The van der Waals surface area contributed by atoms with Crippen molar-refractivity contribution in [1.29, 1.82) is 0 Å². The zero-order chi connectivity index (χ0) is 18.6. The average Bonchev–Trinajstić information content (AvgIpc) is 3.21. The van der Waals surface area contributed by atoms with Gasteiger partial charge in [0.2, 0.25) is 11.9 Å². The summed E-state index contributed by atoms with van der Waals surface area (Å²) in [7, 11) is 0. The van der Waals surface area contributed by atoms with E-state index in [0.29, 0.717) is 11.8 Å². The lowest BCUT2D eigenvalue weighted by atomic mass is 10.0. The summed E-state index contributed by atoms with van der Waals surface area (Å²) in [5.41, 5.74) is 1.03. The van der Waals surface area contributed by atoms with E-state index in [2.05, 4.69) is 32.7 Å². The highest BCUT2D eigenvalue weighted by molar-refractivity contribution is 5.76. The van der Waals surface area contributed by atoms with Crippen molar-refractivity contribution in [2.45, 2.75) is 58.3 Å². The molecule has 6 nitrogen and oxygen atoms in total. The first-order valence-corrected chi connectivity index (χ1v) is 10.8. The van der Waals surface area contributed by atoms with E-state index in [9.17, 15) is 4.79 Å². The third kappa shape index (κ3) is 4.53. The van der Waals surface area contributed by atoms with Gasteiger partial charge in [0, 0.05) is 57.4 Å². The van der Waals surface area contributed by atoms with Gasteiger partial charge in [-0.1, -0.05) is 12.8 Å². The highest BCUT2D eigenvalue weighted by atomic mass is 16.2. The molecule has 3 heterocycles. The molecule has 0 aromatic carbocycles. The number of aromatic nitrogens is 2. The molecular weight excluding hydrogens is 338 g/mol. The van der Waals surface area contributed by atoms with Crippen LogP contribution >= 0.6 is 0 Å². The van der Waals surface area contributed by atoms with Gasteiger partial charge < -0.3 is 14.7 Å². The number of hydrogen-bond donors (Lipinski definition) is 0. The van der Waals surface area contributed by atoms with Gasteiger partial charge in [-0.2, -0.15) is 4.98 Å². The van der Waals surface area contributed by atoms with Crippen LogP contribution in [0, 0.1) is 12.8 Å². The van der Waals surface area contributed by atoms with Gasteiger partial charge >= 0.3 is 0 Å². The minimum absolute atomic E-state index is 0.356. The molecule has 0 atom stereocenters. The molecule has 2 aliphatic heterocycles. The van der Waals surface area contributed by atoms with Crippen LogP contribution in [0.1, 0.15) is 57.1 Å². The lowest BCUT2D eigenvalue weighted by Gasteiger charge is -2.36. The van der Waals surface area contributed by atoms with Crippen molar-refractivity contribution in [3.05, 3.63) is 11.8 Å². The standard InChI is InChI=1S/C21H33N5O/c1-17-15-19(23-21(22-17)26-9-5-2-6-10-26)24-11-13-25(14-12-24)20(27)16-18-7-3-4-8-18/h15,18H,2-14,16H2,1H3. The van der Waals surface area contributed by atoms with Gasteiger partial charge in [-0.05, 0) is 44.9 Å². The predicted octanol–water partition coefficient (Wildman–Crippen LogP) is 3.00. The predicted molar refractivity (Wildman–Crippen MR) is 108 cm³/mol. The molecule has 1 saturated carbocycles. The number of amides is 1. The Morgan fingerprint density at radius 2 is 1.63 bits per heavy atom. The largest absolute Gasteiger partial charge is 0.353 e. The van der Waals surface area contributed by atoms with Crippen molar-refractivity contribution >= 4 is 17.7 Å². The molecule has 3 fully saturated rings. The summed E-state index contributed by atoms with van der Waals surface area (Å²) in [5.74, 6) is 2.89. The smallest absolute Gasteiger partial charge is 0.227 e. The molecule has 0 unspecified atom stereocenters. The van der Waals surface area contributed by atoms with Gasteiger partial charge in [-0.15, -0.1) is 0 Å². The van der Waals surface area contributed by atoms with Crippen LogP contribution in [0.4, 0.5) is 11.8 Å². The van der Waals surface area contributed by atoms with Gasteiger partial charge in [0.15, 0.2) is 0 Å². The van der Waals surface area contributed by atoms with Crippen molar-refractivity contribution in [2.75, 3.05) is 49.1 Å². The van der Waals surface area contributed by atoms with Gasteiger partial charge in [-0.25, -0.2) is 4.98 Å². The molecule has 1 aliphatic carbocycles. The van der Waals surface area contributed by atoms with E-state index >= 15 is 0 Å². The zero-order valence-corrected chi connectivity index (χ0v) is 16.7. The molecule has 148 valence electrons. The van der Waals surface area contributed by atoms with Crippen LogP contribution in [-0.2, 0) is 4.79 Å². The Hall–Kier alpha value is -1.85. The van der Waals surface area contributed by atoms with Gasteiger partial charge in [0.1, 0.15) is 5.82 Å². The SMILES string of the molecule is Cc1cc(N2CCN(C(=O)CC3CCCC3)CC2)nc(N2CCCCC2)n1. The first-order chi connectivity index (χ1) is 13.2. The van der Waals surface area contributed by atoms with Gasteiger partial charge in [0.05, 0.1) is 0 Å². The molecule has 4 rings (SSSR count). The summed E-state index contributed by atoms with van der Waals surface area (Å²) in [6, 6.07) is 2.09. The van der Waals surface area contributed by atoms with Gasteiger partial charge in [-0.3, -0.25) is 4.79 Å². The molecule has 2 saturated heterocycles. The lowest BCUT2D eigenvalue weighted by Crippen LogP contribution is -2.49. The van der Waals surface area contributed by atoms with Gasteiger partial charge in [0.25, 0.3) is 0 Å². The summed E-state index contributed by atoms with van der Waals surface area (Å²) in [6.07, 6.45) is 9.62. The second kappa shape index (κ2) is 8.44. The fourth-order valence-electron chi connectivity index (χ4n) is 4.71. The maximum Gasteiger partial charge on any atom is 0.227 e. The lowest BCUT2D eigenvalue weighted by molar-refractivity contribution is -0.132. The van der Waals surface area contributed by atoms with Crippen LogP contribution < -0.4 is 9.80 Å². The maximum atomic E-state index is 12.6. The number of piperidine rings is 1. The first kappa shape index (κ1) is 18.5. The molecule has 0 bridgehead atoms. The Morgan fingerprint density at radius 1 is 0.926 bits per heavy atom. The second-order valence-electron chi connectivity index (χ2n) is 8.44. The van der Waals surface area contributed by atoms with Crippen molar-refractivity contribution in [1.82, 2.24) is 14.9 Å². The fraction of sp³-hybridized carbons (Fsp3) is 0.762. The third-order valence-corrected chi connectivity index (χ3v) is 6.36. The van der Waals surface area contributed by atoms with E-state index in [1.807, 2.05) is 0 Å². The highest BCUT2D eigenvalue weighted by Gasteiger charge is 2.26. The Balaban J connectivity index is 1.36. The minimum atomic E-state index is 0.356. The Bertz CT molecular complexity index is 644. The molecule has 1 amide bonds. The Kier molecular flexibility index (Phi) is 5.79. The van der Waals surface area contributed by atoms with Crippen LogP contribution in [0.3, 0.4) is 0 Å². The zero-order valence-electron chi connectivity index (χ0n) is 16.7. The van der Waals surface area contributed by atoms with E-state index < -0.39 is 0 Å². The monoisotopic (exact) mass is 371 g/mol. The van der Waals surface area contributed by atoms with E-state index in [4.69, 9.17) is 4.98 Å². The van der Waals surface area contributed by atoms with Crippen molar-refractivity contribution < 1.29 is 4.79 Å². The molecular formula is C21H33N5O. The highest BCUT2D eigenvalue weighted by Crippen LogP contribution is 2.28. The summed E-state index contributed by atoms with van der Waals surface area (Å²) in [5, 5.41) is 0. The summed E-state index contributed by atoms with van der Waals surface area (Å²) >= 11 is 0. The number of anilines is 2. The first-order valence-electron chi connectivity index (χ1n) is 10.8. The van der Waals surface area contributed by atoms with Crippen molar-refractivity contribution in [3.63, 3.8) is 0 Å². The second-order valence-corrected chi connectivity index (χ2v) is 8.44. The molecule has 0 radical (unpaired) electrons. The van der Waals surface area contributed by atoms with E-state index in [1.165, 1.54) is 44.9 Å². The Morgan fingerprint density at radius 3 is 2.33 bits per heavy atom. The Labute approximate surface area is 162 Å². The molecule has 1 aromatic heterocycles. The topological polar surface area (TPSA) is 52.6 Å². The third-order valence-electron chi connectivity index (χ3n) is 6.36. The van der Waals surface area contributed by atoms with E-state index in [1.54, 1.807) is 0 Å². The number of nitrogens with zero attached hydrogens (tertiary/aromatic N) is 5. The van der Waals surface area contributed by atoms with Crippen molar-refractivity contribution in [2.24, 2.45) is 5.92 Å². The maximum absolute atomic E-state index is 12.6. The van der Waals surface area contributed by atoms with E-state index in [-0.39, 0.29) is 0 Å². The summed E-state index contributed by atoms with van der Waals surface area (Å²) in [6.45, 7) is 7.54. The summed E-state index contributed by atoms with van der Waals surface area (Å²) < 4.78 is 0. The number of carbonyl (C=O) groups excluding carboxylic acids is 1. The molecule has 1 aromatic rings. The van der Waals surface area contributed by atoms with Crippen LogP contribution in [0.15, 0.2) is 6.07 Å². The molecule has 6 heteroatoms. The van der Waals surface area contributed by atoms with Crippen LogP contribution in [0.2, 0.25) is 0 Å². The average molecular weight is 372 g/mol. The quantitative estimate of drug-likeness (QED) is 0.814. The number of piperazine rings is 1. The molecule has 3 aliphatic rings. The van der Waals surface area contributed by atoms with Crippen LogP contribution in [-0.4, -0.2) is 60.0 Å². The normalized spacial score (nSPS) is 21.7. The fourth-order valence-corrected chi connectivity index (χ4v) is 4.71. The molecule has 0 spiro atoms. The number of aryl methyl sites for hydroxylation is 1. The van der Waals surface area contributed by atoms with Crippen LogP contribution in [0.5, 0.6) is 0 Å². The number of carbonyl (C=O) groups is 1. The number of rotatable bonds is 4. The molecule has 0 N–H and O–H groups in total. The van der Waals surface area contributed by atoms with Crippen LogP contribution in [0.25, 0.3) is 0 Å². The van der Waals surface area contributed by atoms with E-state index in [0.717, 1.165) is 63.1 Å². The minimum Gasteiger partial charge on any atom is -0.353 e. The summed E-state index contributed by atoms with van der Waals surface area (Å²) in [4.78, 5) is 28.8. The van der Waals surface area contributed by atoms with Crippen molar-refractivity contribution in [3.8, 4) is 0 Å². The number of hydrogen-bond acceptors (Lipinski definition) is 5. The molecule has 27 heavy (non-hydrogen) atoms.